The molecule has 1 atom stereocenters. The quantitative estimate of drug-likeness (QED) is 0.296. The number of hydrogen-bond donors (Lipinski definition) is 0. The van der Waals surface area contributed by atoms with Crippen LogP contribution in [-0.2, 0) is 9.53 Å². The SMILES string of the molecule is CCCCCCCOc1cnc(-c2ccc(OC(=O)C(C)OCC)cc2)nc1. The summed E-state index contributed by atoms with van der Waals surface area (Å²) < 4.78 is 16.2. The van der Waals surface area contributed by atoms with Crippen molar-refractivity contribution in [1.82, 2.24) is 9.97 Å². The molecule has 6 heteroatoms. The summed E-state index contributed by atoms with van der Waals surface area (Å²) in [6.45, 7) is 6.86. The summed E-state index contributed by atoms with van der Waals surface area (Å²) in [5.41, 5.74) is 0.837. The van der Waals surface area contributed by atoms with Crippen LogP contribution >= 0.6 is 0 Å². The van der Waals surface area contributed by atoms with E-state index in [2.05, 4.69) is 16.9 Å². The van der Waals surface area contributed by atoms with Crippen molar-refractivity contribution in [3.05, 3.63) is 36.7 Å². The summed E-state index contributed by atoms with van der Waals surface area (Å²) in [7, 11) is 0. The maximum Gasteiger partial charge on any atom is 0.340 e. The summed E-state index contributed by atoms with van der Waals surface area (Å²) in [4.78, 5) is 20.6. The molecule has 0 amide bonds. The van der Waals surface area contributed by atoms with Crippen molar-refractivity contribution in [3.8, 4) is 22.9 Å². The normalized spacial score (nSPS) is 11.8. The average molecular weight is 386 g/mol. The van der Waals surface area contributed by atoms with E-state index in [4.69, 9.17) is 14.2 Å². The number of benzene rings is 1. The predicted octanol–water partition coefficient (Wildman–Crippen LogP) is 4.82. The molecule has 0 fully saturated rings. The minimum Gasteiger partial charge on any atom is -0.490 e. The maximum absolute atomic E-state index is 11.9. The monoisotopic (exact) mass is 386 g/mol. The molecule has 1 aromatic carbocycles. The van der Waals surface area contributed by atoms with Crippen LogP contribution < -0.4 is 9.47 Å². The van der Waals surface area contributed by atoms with Crippen LogP contribution in [0.15, 0.2) is 36.7 Å². The van der Waals surface area contributed by atoms with Crippen LogP contribution in [-0.4, -0.2) is 35.3 Å². The summed E-state index contributed by atoms with van der Waals surface area (Å²) in [6, 6.07) is 7.07. The largest absolute Gasteiger partial charge is 0.490 e. The van der Waals surface area contributed by atoms with Gasteiger partial charge in [0.1, 0.15) is 5.75 Å². The van der Waals surface area contributed by atoms with Gasteiger partial charge in [-0.05, 0) is 44.5 Å². The smallest absolute Gasteiger partial charge is 0.340 e. The maximum atomic E-state index is 11.9. The summed E-state index contributed by atoms with van der Waals surface area (Å²) >= 11 is 0. The third-order valence-corrected chi connectivity index (χ3v) is 4.22. The van der Waals surface area contributed by atoms with E-state index in [1.807, 2.05) is 19.1 Å². The van der Waals surface area contributed by atoms with Crippen LogP contribution in [0.4, 0.5) is 0 Å². The first-order valence-electron chi connectivity index (χ1n) is 10.0. The highest BCUT2D eigenvalue weighted by atomic mass is 16.6. The minimum atomic E-state index is -0.591. The fourth-order valence-corrected chi connectivity index (χ4v) is 2.62. The number of esters is 1. The van der Waals surface area contributed by atoms with Crippen LogP contribution in [0.2, 0.25) is 0 Å². The number of nitrogens with zero attached hydrogens (tertiary/aromatic N) is 2. The Kier molecular flexibility index (Phi) is 9.42. The zero-order valence-corrected chi connectivity index (χ0v) is 17.0. The molecule has 0 bridgehead atoms. The van der Waals surface area contributed by atoms with Crippen LogP contribution in [0.3, 0.4) is 0 Å². The Morgan fingerprint density at radius 2 is 1.64 bits per heavy atom. The molecule has 1 aromatic heterocycles. The Morgan fingerprint density at radius 1 is 0.964 bits per heavy atom. The predicted molar refractivity (Wildman–Crippen MR) is 108 cm³/mol. The molecule has 0 spiro atoms. The lowest BCUT2D eigenvalue weighted by Crippen LogP contribution is -2.25. The number of rotatable bonds is 12. The van der Waals surface area contributed by atoms with E-state index >= 15 is 0 Å². The van der Waals surface area contributed by atoms with Gasteiger partial charge in [0.25, 0.3) is 0 Å². The van der Waals surface area contributed by atoms with Crippen molar-refractivity contribution in [3.63, 3.8) is 0 Å². The van der Waals surface area contributed by atoms with E-state index in [1.54, 1.807) is 31.5 Å². The first-order chi connectivity index (χ1) is 13.6. The van der Waals surface area contributed by atoms with Gasteiger partial charge in [-0.15, -0.1) is 0 Å². The van der Waals surface area contributed by atoms with Crippen molar-refractivity contribution < 1.29 is 19.0 Å². The second kappa shape index (κ2) is 12.1. The second-order valence-corrected chi connectivity index (χ2v) is 6.55. The first-order valence-corrected chi connectivity index (χ1v) is 10.0. The van der Waals surface area contributed by atoms with Gasteiger partial charge < -0.3 is 14.2 Å². The molecule has 2 rings (SSSR count). The summed E-state index contributed by atoms with van der Waals surface area (Å²) in [5.74, 6) is 1.32. The van der Waals surface area contributed by atoms with E-state index in [9.17, 15) is 4.79 Å². The molecule has 2 aromatic rings. The van der Waals surface area contributed by atoms with Gasteiger partial charge in [0, 0.05) is 12.2 Å². The lowest BCUT2D eigenvalue weighted by Gasteiger charge is -2.11. The Bertz CT molecular complexity index is 701. The molecule has 0 saturated carbocycles. The van der Waals surface area contributed by atoms with Gasteiger partial charge in [0.15, 0.2) is 17.7 Å². The van der Waals surface area contributed by atoms with Crippen LogP contribution in [0.1, 0.15) is 52.9 Å². The number of hydrogen-bond acceptors (Lipinski definition) is 6. The third-order valence-electron chi connectivity index (χ3n) is 4.22. The van der Waals surface area contributed by atoms with E-state index < -0.39 is 12.1 Å². The number of aromatic nitrogens is 2. The van der Waals surface area contributed by atoms with Crippen molar-refractivity contribution in [2.24, 2.45) is 0 Å². The van der Waals surface area contributed by atoms with Crippen molar-refractivity contribution in [2.45, 2.75) is 59.0 Å². The zero-order valence-electron chi connectivity index (χ0n) is 17.0. The second-order valence-electron chi connectivity index (χ2n) is 6.55. The topological polar surface area (TPSA) is 70.5 Å². The van der Waals surface area contributed by atoms with Gasteiger partial charge in [-0.1, -0.05) is 32.6 Å². The van der Waals surface area contributed by atoms with Gasteiger partial charge in [-0.2, -0.15) is 0 Å². The molecule has 0 aliphatic rings. The molecule has 6 nitrogen and oxygen atoms in total. The lowest BCUT2D eigenvalue weighted by molar-refractivity contribution is -0.145. The highest BCUT2D eigenvalue weighted by molar-refractivity contribution is 5.77. The van der Waals surface area contributed by atoms with Gasteiger partial charge in [-0.25, -0.2) is 14.8 Å². The number of carbonyl (C=O) groups excluding carboxylic acids is 1. The summed E-state index contributed by atoms with van der Waals surface area (Å²) in [6.07, 6.45) is 8.79. The van der Waals surface area contributed by atoms with Crippen molar-refractivity contribution in [1.29, 1.82) is 0 Å². The number of unbranched alkanes of at least 4 members (excludes halogenated alkanes) is 4. The fraction of sp³-hybridized carbons (Fsp3) is 0.500. The molecular formula is C22H30N2O4. The molecule has 0 aliphatic heterocycles. The van der Waals surface area contributed by atoms with Gasteiger partial charge in [0.05, 0.1) is 19.0 Å². The Balaban J connectivity index is 1.84. The standard InChI is InChI=1S/C22H30N2O4/c1-4-6-7-8-9-14-27-20-15-23-21(24-16-20)18-10-12-19(13-11-18)28-22(25)17(3)26-5-2/h10-13,15-17H,4-9,14H2,1-3H3. The molecule has 1 heterocycles. The Morgan fingerprint density at radius 3 is 2.29 bits per heavy atom. The average Bonchev–Trinajstić information content (AvgIpc) is 2.72. The van der Waals surface area contributed by atoms with E-state index in [1.165, 1.54) is 25.7 Å². The fourth-order valence-electron chi connectivity index (χ4n) is 2.62. The minimum absolute atomic E-state index is 0.415. The third kappa shape index (κ3) is 7.27. The van der Waals surface area contributed by atoms with Crippen molar-refractivity contribution >= 4 is 5.97 Å². The van der Waals surface area contributed by atoms with Crippen LogP contribution in [0.25, 0.3) is 11.4 Å². The lowest BCUT2D eigenvalue weighted by atomic mass is 10.2. The highest BCUT2D eigenvalue weighted by Gasteiger charge is 2.15. The zero-order chi connectivity index (χ0) is 20.2. The van der Waals surface area contributed by atoms with Crippen molar-refractivity contribution in [2.75, 3.05) is 13.2 Å². The molecule has 0 N–H and O–H groups in total. The molecule has 28 heavy (non-hydrogen) atoms. The summed E-state index contributed by atoms with van der Waals surface area (Å²) in [5, 5.41) is 0. The molecule has 0 saturated heterocycles. The Labute approximate surface area is 167 Å². The van der Waals surface area contributed by atoms with Gasteiger partial charge in [-0.3, -0.25) is 0 Å². The van der Waals surface area contributed by atoms with E-state index in [0.717, 1.165) is 12.0 Å². The van der Waals surface area contributed by atoms with Gasteiger partial charge in [0.2, 0.25) is 0 Å². The van der Waals surface area contributed by atoms with Crippen LogP contribution in [0, 0.1) is 0 Å². The van der Waals surface area contributed by atoms with E-state index in [-0.39, 0.29) is 0 Å². The van der Waals surface area contributed by atoms with E-state index in [0.29, 0.717) is 30.5 Å². The molecular weight excluding hydrogens is 356 g/mol. The molecule has 0 aliphatic carbocycles. The molecule has 152 valence electrons. The highest BCUT2D eigenvalue weighted by Crippen LogP contribution is 2.21. The Hall–Kier alpha value is -2.47. The number of ether oxygens (including phenoxy) is 3. The molecule has 1 unspecified atom stereocenters. The van der Waals surface area contributed by atoms with Gasteiger partial charge >= 0.3 is 5.97 Å². The molecule has 0 radical (unpaired) electrons. The first kappa shape index (κ1) is 21.8. The number of carbonyl (C=O) groups is 1. The van der Waals surface area contributed by atoms with Crippen LogP contribution in [0.5, 0.6) is 11.5 Å².